The molecule has 1 heterocycles. The van der Waals surface area contributed by atoms with Gasteiger partial charge in [0.05, 0.1) is 0 Å². The number of rotatable bonds is 0. The van der Waals surface area contributed by atoms with Crippen molar-refractivity contribution in [1.29, 1.82) is 0 Å². The molecular weight excluding hydrogens is 176 g/mol. The van der Waals surface area contributed by atoms with Gasteiger partial charge in [0, 0.05) is 8.47 Å². The largest absolute Gasteiger partial charge is 0.136 e. The van der Waals surface area contributed by atoms with Crippen LogP contribution in [0.25, 0.3) is 0 Å². The van der Waals surface area contributed by atoms with Gasteiger partial charge in [0.1, 0.15) is 0 Å². The van der Waals surface area contributed by atoms with E-state index in [-0.39, 0.29) is 0 Å². The summed E-state index contributed by atoms with van der Waals surface area (Å²) in [5.41, 5.74) is 0. The molecule has 0 bridgehead atoms. The Hall–Kier alpha value is 0.880. The lowest BCUT2D eigenvalue weighted by molar-refractivity contribution is 2.33. The Morgan fingerprint density at radius 2 is 1.62 bits per heavy atom. The third kappa shape index (κ3) is 2.01. The molecule has 8 heavy (non-hydrogen) atoms. The molecule has 0 aromatic carbocycles. The average molecular weight is 180 g/mol. The van der Waals surface area contributed by atoms with E-state index in [0.717, 1.165) is 8.47 Å². The van der Waals surface area contributed by atoms with Crippen LogP contribution >= 0.6 is 48.8 Å². The molecule has 0 saturated carbocycles. The van der Waals surface area contributed by atoms with Gasteiger partial charge in [0.15, 0.2) is 0 Å². The van der Waals surface area contributed by atoms with Crippen molar-refractivity contribution in [2.45, 2.75) is 0 Å². The molecule has 0 saturated heterocycles. The van der Waals surface area contributed by atoms with Crippen LogP contribution in [0.2, 0.25) is 0 Å². The predicted molar refractivity (Wildman–Crippen MR) is 49.3 cm³/mol. The predicted octanol–water partition coefficient (Wildman–Crippen LogP) is 2.92. The summed E-state index contributed by atoms with van der Waals surface area (Å²) in [6, 6.07) is 0. The fourth-order valence-corrected chi connectivity index (χ4v) is 2.71. The fourth-order valence-electron chi connectivity index (χ4n) is 0.306. The summed E-state index contributed by atoms with van der Waals surface area (Å²) in [7, 11) is 0. The molecule has 1 aliphatic rings. The zero-order valence-electron chi connectivity index (χ0n) is 3.87. The van der Waals surface area contributed by atoms with E-state index in [1.807, 2.05) is 10.8 Å². The van der Waals surface area contributed by atoms with Crippen LogP contribution in [0, 0.1) is 0 Å². The Morgan fingerprint density at radius 3 is 1.88 bits per heavy atom. The summed E-state index contributed by atoms with van der Waals surface area (Å²) in [5, 5.41) is 3.96. The first kappa shape index (κ1) is 6.99. The SMILES string of the molecule is SC1=CSC=C(S)S1. The molecule has 0 atom stereocenters. The molecule has 1 aliphatic heterocycles. The summed E-state index contributed by atoms with van der Waals surface area (Å²) in [6.45, 7) is 0. The minimum Gasteiger partial charge on any atom is -0.136 e. The molecule has 0 amide bonds. The molecule has 0 unspecified atom stereocenters. The van der Waals surface area contributed by atoms with Crippen molar-refractivity contribution in [3.63, 3.8) is 0 Å². The number of thiol groups is 2. The molecule has 44 valence electrons. The Balaban J connectivity index is 2.57. The lowest BCUT2D eigenvalue weighted by Crippen LogP contribution is -1.66. The summed E-state index contributed by atoms with van der Waals surface area (Å²) in [6.07, 6.45) is 0. The van der Waals surface area contributed by atoms with Gasteiger partial charge in [-0.2, -0.15) is 0 Å². The van der Waals surface area contributed by atoms with Crippen molar-refractivity contribution in [1.82, 2.24) is 0 Å². The van der Waals surface area contributed by atoms with Crippen molar-refractivity contribution < 1.29 is 0 Å². The highest BCUT2D eigenvalue weighted by Crippen LogP contribution is 2.38. The molecule has 0 aromatic heterocycles. The van der Waals surface area contributed by atoms with Gasteiger partial charge in [-0.1, -0.05) is 11.8 Å². The van der Waals surface area contributed by atoms with Crippen LogP contribution in [0.4, 0.5) is 0 Å². The molecule has 0 aliphatic carbocycles. The minimum atomic E-state index is 1.02. The Labute approximate surface area is 68.0 Å². The van der Waals surface area contributed by atoms with E-state index in [0.29, 0.717) is 0 Å². The van der Waals surface area contributed by atoms with Crippen molar-refractivity contribution in [2.75, 3.05) is 0 Å². The molecule has 0 aromatic rings. The zero-order chi connectivity index (χ0) is 5.98. The summed E-state index contributed by atoms with van der Waals surface area (Å²) in [4.78, 5) is 0. The molecule has 0 N–H and O–H groups in total. The van der Waals surface area contributed by atoms with Crippen molar-refractivity contribution in [3.05, 3.63) is 19.3 Å². The molecular formula is C4H4S4. The fraction of sp³-hybridized carbons (Fsp3) is 0. The number of hydrogen-bond donors (Lipinski definition) is 2. The normalized spacial score (nSPS) is 19.8. The van der Waals surface area contributed by atoms with E-state index >= 15 is 0 Å². The van der Waals surface area contributed by atoms with Crippen molar-refractivity contribution in [3.8, 4) is 0 Å². The van der Waals surface area contributed by atoms with Crippen LogP contribution in [0.1, 0.15) is 0 Å². The van der Waals surface area contributed by atoms with Gasteiger partial charge >= 0.3 is 0 Å². The quantitative estimate of drug-likeness (QED) is 0.550. The minimum absolute atomic E-state index is 1.02. The van der Waals surface area contributed by atoms with E-state index in [2.05, 4.69) is 25.3 Å². The highest BCUT2D eigenvalue weighted by molar-refractivity contribution is 8.27. The first-order chi connectivity index (χ1) is 3.79. The van der Waals surface area contributed by atoms with Crippen LogP contribution in [0.5, 0.6) is 0 Å². The maximum absolute atomic E-state index is 4.13. The second kappa shape index (κ2) is 3.15. The summed E-state index contributed by atoms with van der Waals surface area (Å²) in [5.74, 6) is 0. The summed E-state index contributed by atoms with van der Waals surface area (Å²) >= 11 is 11.5. The third-order valence-corrected chi connectivity index (χ3v) is 3.40. The lowest BCUT2D eigenvalue weighted by Gasteiger charge is -2.02. The van der Waals surface area contributed by atoms with Crippen LogP contribution in [-0.4, -0.2) is 0 Å². The van der Waals surface area contributed by atoms with E-state index in [1.54, 1.807) is 23.5 Å². The van der Waals surface area contributed by atoms with Gasteiger partial charge in [-0.15, -0.1) is 37.0 Å². The van der Waals surface area contributed by atoms with Gasteiger partial charge < -0.3 is 0 Å². The molecule has 0 nitrogen and oxygen atoms in total. The number of hydrogen-bond acceptors (Lipinski definition) is 4. The van der Waals surface area contributed by atoms with Crippen molar-refractivity contribution in [2.24, 2.45) is 0 Å². The standard InChI is InChI=1S/C4H4S4/c5-3-1-7-2-4(6)8-3/h1-2,5-6H. The first-order valence-corrected chi connectivity index (χ1v) is 4.56. The van der Waals surface area contributed by atoms with Crippen LogP contribution in [0.3, 0.4) is 0 Å². The van der Waals surface area contributed by atoms with Gasteiger partial charge in [-0.05, 0) is 10.8 Å². The maximum atomic E-state index is 4.13. The van der Waals surface area contributed by atoms with Gasteiger partial charge in [-0.25, -0.2) is 0 Å². The third-order valence-electron chi connectivity index (χ3n) is 0.547. The van der Waals surface area contributed by atoms with E-state index in [9.17, 15) is 0 Å². The Bertz CT molecular complexity index is 130. The monoisotopic (exact) mass is 180 g/mol. The van der Waals surface area contributed by atoms with E-state index in [1.165, 1.54) is 0 Å². The van der Waals surface area contributed by atoms with Crippen LogP contribution in [-0.2, 0) is 0 Å². The molecule has 1 rings (SSSR count). The number of thioether (sulfide) groups is 2. The van der Waals surface area contributed by atoms with Crippen LogP contribution < -0.4 is 0 Å². The van der Waals surface area contributed by atoms with Gasteiger partial charge in [0.2, 0.25) is 0 Å². The Morgan fingerprint density at radius 1 is 1.12 bits per heavy atom. The van der Waals surface area contributed by atoms with Crippen LogP contribution in [0.15, 0.2) is 19.3 Å². The maximum Gasteiger partial charge on any atom is 0.0491 e. The summed E-state index contributed by atoms with van der Waals surface area (Å²) < 4.78 is 2.03. The molecule has 0 fully saturated rings. The lowest BCUT2D eigenvalue weighted by atomic mass is 11.2. The highest BCUT2D eigenvalue weighted by atomic mass is 32.2. The average Bonchev–Trinajstić information content (AvgIpc) is 1.64. The Kier molecular flexibility index (Phi) is 2.75. The zero-order valence-corrected chi connectivity index (χ0v) is 7.29. The second-order valence-electron chi connectivity index (χ2n) is 1.15. The van der Waals surface area contributed by atoms with Crippen molar-refractivity contribution >= 4 is 48.8 Å². The molecule has 0 spiro atoms. The smallest absolute Gasteiger partial charge is 0.0491 e. The first-order valence-electron chi connectivity index (χ1n) is 1.90. The van der Waals surface area contributed by atoms with E-state index < -0.39 is 0 Å². The molecule has 4 heteroatoms. The molecule has 0 radical (unpaired) electrons. The van der Waals surface area contributed by atoms with Gasteiger partial charge in [-0.3, -0.25) is 0 Å². The highest BCUT2D eigenvalue weighted by Gasteiger charge is 1.99. The van der Waals surface area contributed by atoms with Gasteiger partial charge in [0.25, 0.3) is 0 Å². The topological polar surface area (TPSA) is 0 Å². The van der Waals surface area contributed by atoms with E-state index in [4.69, 9.17) is 0 Å². The second-order valence-corrected chi connectivity index (χ2v) is 4.55.